The summed E-state index contributed by atoms with van der Waals surface area (Å²) in [6.45, 7) is 0.785. The summed E-state index contributed by atoms with van der Waals surface area (Å²) in [5.74, 6) is 1.32. The molecular weight excluding hydrogens is 250 g/mol. The van der Waals surface area contributed by atoms with Crippen LogP contribution in [-0.4, -0.2) is 17.9 Å². The zero-order chi connectivity index (χ0) is 14.0. The van der Waals surface area contributed by atoms with Gasteiger partial charge in [0, 0.05) is 24.8 Å². The second-order valence-electron chi connectivity index (χ2n) is 6.33. The lowest BCUT2D eigenvalue weighted by atomic mass is 9.90. The average Bonchev–Trinajstić information content (AvgIpc) is 3.04. The molecule has 0 atom stereocenters. The van der Waals surface area contributed by atoms with Crippen molar-refractivity contribution in [3.8, 4) is 5.75 Å². The third kappa shape index (κ3) is 3.04. The number of fused-ring (bicyclic) bond motifs is 1. The summed E-state index contributed by atoms with van der Waals surface area (Å²) in [5.41, 5.74) is 8.57. The summed E-state index contributed by atoms with van der Waals surface area (Å²) >= 11 is 0. The summed E-state index contributed by atoms with van der Waals surface area (Å²) in [6.07, 6.45) is 7.35. The Morgan fingerprint density at radius 3 is 2.90 bits per heavy atom. The first-order chi connectivity index (χ1) is 9.65. The summed E-state index contributed by atoms with van der Waals surface area (Å²) < 4.78 is 5.50. The Labute approximate surface area is 120 Å². The molecule has 0 radical (unpaired) electrons. The van der Waals surface area contributed by atoms with Gasteiger partial charge in [0.15, 0.2) is 0 Å². The van der Waals surface area contributed by atoms with Gasteiger partial charge in [0.2, 0.25) is 0 Å². The highest BCUT2D eigenvalue weighted by Gasteiger charge is 2.31. The minimum absolute atomic E-state index is 0.205. The number of hydrogen-bond donors (Lipinski definition) is 1. The molecule has 0 amide bonds. The second kappa shape index (κ2) is 5.57. The van der Waals surface area contributed by atoms with Gasteiger partial charge in [-0.05, 0) is 36.5 Å². The van der Waals surface area contributed by atoms with Crippen molar-refractivity contribution in [2.24, 2.45) is 5.73 Å². The molecule has 0 saturated heterocycles. The molecule has 1 saturated carbocycles. The highest BCUT2D eigenvalue weighted by Crippen LogP contribution is 2.31. The number of nitrogens with two attached hydrogens (primary N) is 1. The molecular formula is C17H23NO2. The van der Waals surface area contributed by atoms with Gasteiger partial charge in [-0.1, -0.05) is 25.0 Å². The number of rotatable bonds is 5. The molecule has 1 aliphatic heterocycles. The van der Waals surface area contributed by atoms with Crippen LogP contribution in [0.3, 0.4) is 0 Å². The molecule has 0 aromatic heterocycles. The number of aryl methyl sites for hydroxylation is 1. The van der Waals surface area contributed by atoms with Gasteiger partial charge < -0.3 is 10.5 Å². The van der Waals surface area contributed by atoms with Crippen LogP contribution in [-0.2, 0) is 17.6 Å². The smallest absolute Gasteiger partial charge is 0.135 e. The molecule has 20 heavy (non-hydrogen) atoms. The van der Waals surface area contributed by atoms with E-state index in [1.54, 1.807) is 0 Å². The van der Waals surface area contributed by atoms with Crippen LogP contribution >= 0.6 is 0 Å². The standard InChI is InChI=1S/C17H23NO2/c18-17(8-1-2-9-17)12-15(19)5-3-13-4-6-16-14(11-13)7-10-20-16/h4,6,11H,1-3,5,7-10,12,18H2. The van der Waals surface area contributed by atoms with Gasteiger partial charge in [-0.3, -0.25) is 4.79 Å². The summed E-state index contributed by atoms with van der Waals surface area (Å²) in [6, 6.07) is 6.29. The number of ketones is 1. The highest BCUT2D eigenvalue weighted by molar-refractivity contribution is 5.79. The first-order valence-corrected chi connectivity index (χ1v) is 7.70. The fourth-order valence-electron chi connectivity index (χ4n) is 3.42. The van der Waals surface area contributed by atoms with Crippen LogP contribution in [0.5, 0.6) is 5.75 Å². The monoisotopic (exact) mass is 273 g/mol. The molecule has 1 heterocycles. The Hall–Kier alpha value is -1.35. The summed E-state index contributed by atoms with van der Waals surface area (Å²) in [5, 5.41) is 0. The Balaban J connectivity index is 1.52. The lowest BCUT2D eigenvalue weighted by Crippen LogP contribution is -2.38. The van der Waals surface area contributed by atoms with Crippen molar-refractivity contribution >= 4 is 5.78 Å². The van der Waals surface area contributed by atoms with Crippen LogP contribution in [0.4, 0.5) is 0 Å². The molecule has 2 N–H and O–H groups in total. The fraction of sp³-hybridized carbons (Fsp3) is 0.588. The van der Waals surface area contributed by atoms with Crippen LogP contribution in [0.1, 0.15) is 49.7 Å². The van der Waals surface area contributed by atoms with Gasteiger partial charge in [-0.25, -0.2) is 0 Å². The molecule has 0 unspecified atom stereocenters. The maximum atomic E-state index is 12.1. The molecule has 108 valence electrons. The number of carbonyl (C=O) groups excluding carboxylic acids is 1. The van der Waals surface area contributed by atoms with Gasteiger partial charge in [0.25, 0.3) is 0 Å². The minimum Gasteiger partial charge on any atom is -0.493 e. The zero-order valence-corrected chi connectivity index (χ0v) is 12.0. The second-order valence-corrected chi connectivity index (χ2v) is 6.33. The van der Waals surface area contributed by atoms with Crippen molar-refractivity contribution in [3.63, 3.8) is 0 Å². The van der Waals surface area contributed by atoms with Crippen LogP contribution in [0, 0.1) is 0 Å². The first-order valence-electron chi connectivity index (χ1n) is 7.70. The van der Waals surface area contributed by atoms with Gasteiger partial charge in [-0.2, -0.15) is 0 Å². The fourth-order valence-corrected chi connectivity index (χ4v) is 3.42. The third-order valence-electron chi connectivity index (χ3n) is 4.59. The quantitative estimate of drug-likeness (QED) is 0.897. The maximum absolute atomic E-state index is 12.1. The largest absolute Gasteiger partial charge is 0.493 e. The molecule has 2 aliphatic rings. The van der Waals surface area contributed by atoms with Crippen LogP contribution in [0.25, 0.3) is 0 Å². The topological polar surface area (TPSA) is 52.3 Å². The molecule has 1 aliphatic carbocycles. The Morgan fingerprint density at radius 1 is 1.30 bits per heavy atom. The number of carbonyl (C=O) groups is 1. The van der Waals surface area contributed by atoms with Crippen molar-refractivity contribution in [2.45, 2.75) is 56.9 Å². The van der Waals surface area contributed by atoms with E-state index in [0.717, 1.165) is 38.0 Å². The zero-order valence-electron chi connectivity index (χ0n) is 12.0. The minimum atomic E-state index is -0.205. The van der Waals surface area contributed by atoms with E-state index in [0.29, 0.717) is 18.6 Å². The average molecular weight is 273 g/mol. The lowest BCUT2D eigenvalue weighted by molar-refractivity contribution is -0.120. The van der Waals surface area contributed by atoms with E-state index >= 15 is 0 Å². The summed E-state index contributed by atoms with van der Waals surface area (Å²) in [4.78, 5) is 12.1. The van der Waals surface area contributed by atoms with E-state index in [1.807, 2.05) is 6.07 Å². The molecule has 1 fully saturated rings. The summed E-state index contributed by atoms with van der Waals surface area (Å²) in [7, 11) is 0. The van der Waals surface area contributed by atoms with Gasteiger partial charge in [-0.15, -0.1) is 0 Å². The normalized spacial score (nSPS) is 19.6. The third-order valence-corrected chi connectivity index (χ3v) is 4.59. The van der Waals surface area contributed by atoms with Crippen LogP contribution < -0.4 is 10.5 Å². The predicted molar refractivity (Wildman–Crippen MR) is 79.0 cm³/mol. The molecule has 0 spiro atoms. The van der Waals surface area contributed by atoms with Crippen molar-refractivity contribution in [3.05, 3.63) is 29.3 Å². The first kappa shape index (κ1) is 13.6. The van der Waals surface area contributed by atoms with Gasteiger partial charge in [0.1, 0.15) is 11.5 Å². The van der Waals surface area contributed by atoms with E-state index in [-0.39, 0.29) is 5.54 Å². The number of Topliss-reactive ketones (excluding diaryl/α,β-unsaturated/α-hetero) is 1. The highest BCUT2D eigenvalue weighted by atomic mass is 16.5. The van der Waals surface area contributed by atoms with Crippen LogP contribution in [0.15, 0.2) is 18.2 Å². The number of ether oxygens (including phenoxy) is 1. The predicted octanol–water partition coefficient (Wildman–Crippen LogP) is 2.78. The Bertz CT molecular complexity index is 504. The molecule has 1 aromatic carbocycles. The van der Waals surface area contributed by atoms with Crippen molar-refractivity contribution in [1.29, 1.82) is 0 Å². The van der Waals surface area contributed by atoms with E-state index in [4.69, 9.17) is 10.5 Å². The van der Waals surface area contributed by atoms with E-state index in [1.165, 1.54) is 24.0 Å². The van der Waals surface area contributed by atoms with Gasteiger partial charge >= 0.3 is 0 Å². The lowest BCUT2D eigenvalue weighted by Gasteiger charge is -2.22. The molecule has 3 rings (SSSR count). The van der Waals surface area contributed by atoms with E-state index in [9.17, 15) is 4.79 Å². The van der Waals surface area contributed by atoms with Crippen molar-refractivity contribution in [2.75, 3.05) is 6.61 Å². The number of hydrogen-bond acceptors (Lipinski definition) is 3. The maximum Gasteiger partial charge on any atom is 0.135 e. The molecule has 3 nitrogen and oxygen atoms in total. The van der Waals surface area contributed by atoms with Gasteiger partial charge in [0.05, 0.1) is 6.61 Å². The molecule has 0 bridgehead atoms. The Morgan fingerprint density at radius 2 is 2.10 bits per heavy atom. The van der Waals surface area contributed by atoms with E-state index in [2.05, 4.69) is 12.1 Å². The number of benzene rings is 1. The van der Waals surface area contributed by atoms with Crippen LogP contribution in [0.2, 0.25) is 0 Å². The molecule has 3 heteroatoms. The van der Waals surface area contributed by atoms with Crippen molar-refractivity contribution < 1.29 is 9.53 Å². The van der Waals surface area contributed by atoms with Crippen molar-refractivity contribution in [1.82, 2.24) is 0 Å². The SMILES string of the molecule is NC1(CC(=O)CCc2ccc3c(c2)CCO3)CCCC1. The molecule has 1 aromatic rings. The van der Waals surface area contributed by atoms with E-state index < -0.39 is 0 Å². The Kier molecular flexibility index (Phi) is 3.79.